The van der Waals surface area contributed by atoms with Crippen LogP contribution in [0.2, 0.25) is 0 Å². The second kappa shape index (κ2) is 9.56. The zero-order valence-corrected chi connectivity index (χ0v) is 18.5. The Morgan fingerprint density at radius 2 is 1.73 bits per heavy atom. The Morgan fingerprint density at radius 1 is 1.06 bits per heavy atom. The van der Waals surface area contributed by atoms with Crippen molar-refractivity contribution < 1.29 is 36.6 Å². The van der Waals surface area contributed by atoms with Crippen LogP contribution in [0.3, 0.4) is 0 Å². The molecule has 0 aliphatic carbocycles. The number of benzene rings is 2. The van der Waals surface area contributed by atoms with E-state index in [9.17, 15) is 22.8 Å². The van der Waals surface area contributed by atoms with Crippen LogP contribution in [0.1, 0.15) is 37.2 Å². The van der Waals surface area contributed by atoms with Crippen molar-refractivity contribution in [3.8, 4) is 17.2 Å². The van der Waals surface area contributed by atoms with Crippen LogP contribution in [0.25, 0.3) is 11.0 Å². The van der Waals surface area contributed by atoms with Crippen molar-refractivity contribution in [2.75, 3.05) is 6.61 Å². The smallest absolute Gasteiger partial charge is 0.453 e. The van der Waals surface area contributed by atoms with Gasteiger partial charge in [0.25, 0.3) is 5.76 Å². The molecule has 0 aliphatic rings. The number of carbonyl (C=O) groups is 1. The molecule has 0 saturated heterocycles. The lowest BCUT2D eigenvalue weighted by Gasteiger charge is -2.16. The molecule has 2 aromatic carbocycles. The first-order valence-electron chi connectivity index (χ1n) is 10.3. The van der Waals surface area contributed by atoms with Gasteiger partial charge in [0.2, 0.25) is 11.2 Å². The number of aryl methyl sites for hydroxylation is 2. The van der Waals surface area contributed by atoms with Crippen molar-refractivity contribution >= 4 is 16.9 Å². The lowest BCUT2D eigenvalue weighted by atomic mass is 10.1. The van der Waals surface area contributed by atoms with Crippen molar-refractivity contribution in [3.05, 3.63) is 63.5 Å². The quantitative estimate of drug-likeness (QED) is 0.403. The number of hydrogen-bond acceptors (Lipinski definition) is 6. The summed E-state index contributed by atoms with van der Waals surface area (Å²) in [5, 5.41) is -0.129. The van der Waals surface area contributed by atoms with Gasteiger partial charge in [0, 0.05) is 6.07 Å². The van der Waals surface area contributed by atoms with Crippen molar-refractivity contribution in [1.82, 2.24) is 0 Å². The second-order valence-corrected chi connectivity index (χ2v) is 7.60. The molecule has 0 saturated carbocycles. The van der Waals surface area contributed by atoms with Crippen LogP contribution in [-0.2, 0) is 15.7 Å². The fraction of sp³-hybridized carbons (Fsp3) is 0.333. The summed E-state index contributed by atoms with van der Waals surface area (Å²) >= 11 is 0. The molecule has 33 heavy (non-hydrogen) atoms. The van der Waals surface area contributed by atoms with Crippen molar-refractivity contribution in [1.29, 1.82) is 0 Å². The Kier molecular flexibility index (Phi) is 7.00. The highest BCUT2D eigenvalue weighted by atomic mass is 19.4. The van der Waals surface area contributed by atoms with E-state index in [1.807, 2.05) is 13.0 Å². The predicted octanol–water partition coefficient (Wildman–Crippen LogP) is 5.94. The molecule has 1 heterocycles. The fourth-order valence-corrected chi connectivity index (χ4v) is 3.19. The van der Waals surface area contributed by atoms with Gasteiger partial charge in [0.1, 0.15) is 17.1 Å². The normalized spacial score (nSPS) is 12.5. The van der Waals surface area contributed by atoms with E-state index in [2.05, 4.69) is 0 Å². The molecule has 0 radical (unpaired) electrons. The van der Waals surface area contributed by atoms with Gasteiger partial charge in [-0.3, -0.25) is 4.79 Å². The van der Waals surface area contributed by atoms with Gasteiger partial charge in [-0.25, -0.2) is 4.79 Å². The van der Waals surface area contributed by atoms with Crippen LogP contribution in [0.5, 0.6) is 17.2 Å². The molecule has 1 aromatic heterocycles. The molecule has 0 spiro atoms. The Bertz CT molecular complexity index is 1210. The molecule has 1 atom stereocenters. The Hall–Kier alpha value is -3.49. The number of alkyl halides is 3. The fourth-order valence-electron chi connectivity index (χ4n) is 3.19. The van der Waals surface area contributed by atoms with Gasteiger partial charge in [-0.05, 0) is 62.6 Å². The van der Waals surface area contributed by atoms with E-state index in [0.29, 0.717) is 6.42 Å². The van der Waals surface area contributed by atoms with Gasteiger partial charge in [0.05, 0.1) is 12.0 Å². The zero-order chi connectivity index (χ0) is 24.3. The van der Waals surface area contributed by atoms with Crippen molar-refractivity contribution in [2.24, 2.45) is 0 Å². The van der Waals surface area contributed by atoms with Crippen LogP contribution >= 0.6 is 0 Å². The third-order valence-corrected chi connectivity index (χ3v) is 4.59. The molecule has 0 unspecified atom stereocenters. The third-order valence-electron chi connectivity index (χ3n) is 4.59. The summed E-state index contributed by atoms with van der Waals surface area (Å²) in [4.78, 5) is 24.8. The van der Waals surface area contributed by atoms with Gasteiger partial charge in [-0.15, -0.1) is 0 Å². The van der Waals surface area contributed by atoms with E-state index in [1.165, 1.54) is 31.2 Å². The summed E-state index contributed by atoms with van der Waals surface area (Å²) in [5.74, 6) is -3.00. The number of hydrogen-bond donors (Lipinski definition) is 0. The van der Waals surface area contributed by atoms with Gasteiger partial charge in [-0.2, -0.15) is 13.2 Å². The van der Waals surface area contributed by atoms with Crippen LogP contribution in [-0.4, -0.2) is 18.7 Å². The predicted molar refractivity (Wildman–Crippen MR) is 115 cm³/mol. The van der Waals surface area contributed by atoms with E-state index in [1.54, 1.807) is 13.8 Å². The largest absolute Gasteiger partial charge is 0.479 e. The summed E-state index contributed by atoms with van der Waals surface area (Å²) in [6.07, 6.45) is -5.36. The number of carbonyl (C=O) groups excluding carboxylic acids is 1. The number of esters is 1. The Balaban J connectivity index is 2.03. The van der Waals surface area contributed by atoms with Gasteiger partial charge >= 0.3 is 12.1 Å². The molecule has 0 amide bonds. The number of halogens is 3. The minimum atomic E-state index is -4.99. The van der Waals surface area contributed by atoms with E-state index in [-0.39, 0.29) is 29.1 Å². The van der Waals surface area contributed by atoms with Crippen LogP contribution in [0.15, 0.2) is 45.6 Å². The van der Waals surface area contributed by atoms with E-state index in [0.717, 1.165) is 17.2 Å². The minimum absolute atomic E-state index is 0.0442. The summed E-state index contributed by atoms with van der Waals surface area (Å²) in [7, 11) is 0. The Labute approximate surface area is 187 Å². The number of rotatable bonds is 7. The van der Waals surface area contributed by atoms with Crippen molar-refractivity contribution in [3.63, 3.8) is 0 Å². The van der Waals surface area contributed by atoms with Gasteiger partial charge < -0.3 is 18.6 Å². The van der Waals surface area contributed by atoms with Crippen LogP contribution in [0, 0.1) is 13.8 Å². The highest BCUT2D eigenvalue weighted by molar-refractivity contribution is 5.80. The molecule has 0 fully saturated rings. The monoisotopic (exact) mass is 464 g/mol. The average molecular weight is 464 g/mol. The maximum absolute atomic E-state index is 13.7. The van der Waals surface area contributed by atoms with E-state index >= 15 is 0 Å². The lowest BCUT2D eigenvalue weighted by molar-refractivity contribution is -0.154. The first-order valence-corrected chi connectivity index (χ1v) is 10.3. The minimum Gasteiger partial charge on any atom is -0.479 e. The molecule has 0 bridgehead atoms. The summed E-state index contributed by atoms with van der Waals surface area (Å²) < 4.78 is 62.1. The molecule has 9 heteroatoms. The molecule has 3 rings (SSSR count). The molecule has 0 N–H and O–H groups in total. The number of fused-ring (bicyclic) bond motifs is 1. The topological polar surface area (TPSA) is 75.0 Å². The zero-order valence-electron chi connectivity index (χ0n) is 18.5. The van der Waals surface area contributed by atoms with E-state index in [4.69, 9.17) is 18.6 Å². The third kappa shape index (κ3) is 5.66. The highest BCUT2D eigenvalue weighted by Gasteiger charge is 2.40. The molecule has 6 nitrogen and oxygen atoms in total. The Morgan fingerprint density at radius 3 is 2.33 bits per heavy atom. The van der Waals surface area contributed by atoms with Gasteiger partial charge in [0.15, 0.2) is 6.10 Å². The maximum atomic E-state index is 13.7. The standard InChI is InChI=1S/C24H23F3O6/c1-5-8-30-23(29)15(4)31-16-6-7-18-19(12-16)33-22(24(25,26)27)21(20(18)28)32-17-10-13(2)9-14(3)11-17/h6-7,9-12,15H,5,8H2,1-4H3/t15-/m0/s1. The van der Waals surface area contributed by atoms with Gasteiger partial charge in [-0.1, -0.05) is 13.0 Å². The van der Waals surface area contributed by atoms with E-state index < -0.39 is 35.2 Å². The molecule has 0 aliphatic heterocycles. The lowest BCUT2D eigenvalue weighted by Crippen LogP contribution is -2.26. The van der Waals surface area contributed by atoms with Crippen LogP contribution in [0.4, 0.5) is 13.2 Å². The summed E-state index contributed by atoms with van der Waals surface area (Å²) in [6, 6.07) is 8.60. The van der Waals surface area contributed by atoms with Crippen LogP contribution < -0.4 is 14.9 Å². The summed E-state index contributed by atoms with van der Waals surface area (Å²) in [5.41, 5.74) is 0.186. The summed E-state index contributed by atoms with van der Waals surface area (Å²) in [6.45, 7) is 7.01. The maximum Gasteiger partial charge on any atom is 0.453 e. The number of ether oxygens (including phenoxy) is 3. The molecular weight excluding hydrogens is 441 g/mol. The first-order chi connectivity index (χ1) is 15.5. The van der Waals surface area contributed by atoms with Crippen molar-refractivity contribution in [2.45, 2.75) is 46.4 Å². The average Bonchev–Trinajstić information content (AvgIpc) is 2.72. The second-order valence-electron chi connectivity index (χ2n) is 7.60. The molecule has 176 valence electrons. The molecule has 3 aromatic rings. The highest BCUT2D eigenvalue weighted by Crippen LogP contribution is 2.39. The SMILES string of the molecule is CCCOC(=O)[C@H](C)Oc1ccc2c(=O)c(Oc3cc(C)cc(C)c3)c(C(F)(F)F)oc2c1. The first kappa shape index (κ1) is 24.2. The molecular formula is C24H23F3O6.